The van der Waals surface area contributed by atoms with Crippen LogP contribution in [0.1, 0.15) is 37.4 Å². The number of aromatic nitrogens is 4. The number of piperidine rings is 1. The first-order valence-electron chi connectivity index (χ1n) is 7.10. The molecule has 0 radical (unpaired) electrons. The number of hydrogen-bond acceptors (Lipinski definition) is 4. The molecule has 0 bridgehead atoms. The summed E-state index contributed by atoms with van der Waals surface area (Å²) in [5.74, 6) is 4.21. The highest BCUT2D eigenvalue weighted by Gasteiger charge is 2.46. The van der Waals surface area contributed by atoms with Gasteiger partial charge in [0.15, 0.2) is 0 Å². The van der Waals surface area contributed by atoms with Crippen LogP contribution in [0.2, 0.25) is 0 Å². The second kappa shape index (κ2) is 3.68. The molecular weight excluding hydrogens is 238 g/mol. The lowest BCUT2D eigenvalue weighted by Gasteiger charge is -2.26. The lowest BCUT2D eigenvalue weighted by Crippen LogP contribution is -2.27. The normalized spacial score (nSPS) is 25.4. The molecule has 1 aliphatic heterocycles. The van der Waals surface area contributed by atoms with E-state index in [9.17, 15) is 0 Å². The molecule has 19 heavy (non-hydrogen) atoms. The quantitative estimate of drug-likeness (QED) is 0.825. The van der Waals surface area contributed by atoms with Gasteiger partial charge in [0.05, 0.1) is 0 Å². The number of anilines is 1. The number of hydrogen-bond donors (Lipinski definition) is 0. The number of rotatable bonds is 2. The Morgan fingerprint density at radius 2 is 2.00 bits per heavy atom. The molecule has 2 atom stereocenters. The highest BCUT2D eigenvalue weighted by Crippen LogP contribution is 2.47. The van der Waals surface area contributed by atoms with Crippen LogP contribution in [0.15, 0.2) is 6.33 Å². The fourth-order valence-corrected chi connectivity index (χ4v) is 3.50. The fraction of sp³-hybridized carbons (Fsp3) is 0.643. The minimum atomic E-state index is 0.452. The van der Waals surface area contributed by atoms with Crippen molar-refractivity contribution in [3.63, 3.8) is 0 Å². The van der Waals surface area contributed by atoms with E-state index in [0.717, 1.165) is 23.3 Å². The lowest BCUT2D eigenvalue weighted by molar-refractivity contribution is 0.735. The van der Waals surface area contributed by atoms with Crippen molar-refractivity contribution in [1.29, 1.82) is 0 Å². The van der Waals surface area contributed by atoms with Gasteiger partial charge >= 0.3 is 0 Å². The summed E-state index contributed by atoms with van der Waals surface area (Å²) < 4.78 is 1.92. The molecule has 1 saturated heterocycles. The lowest BCUT2D eigenvalue weighted by atomic mass is 10.0. The molecule has 1 aliphatic carbocycles. The minimum Gasteiger partial charge on any atom is -0.356 e. The molecule has 0 N–H and O–H groups in total. The summed E-state index contributed by atoms with van der Waals surface area (Å²) in [5.41, 5.74) is 2.41. The van der Waals surface area contributed by atoms with Crippen molar-refractivity contribution in [2.45, 2.75) is 33.1 Å². The molecule has 100 valence electrons. The van der Waals surface area contributed by atoms with Crippen LogP contribution in [0.5, 0.6) is 0 Å². The average Bonchev–Trinajstić information content (AvgIpc) is 2.78. The van der Waals surface area contributed by atoms with Crippen molar-refractivity contribution in [2.24, 2.45) is 11.8 Å². The van der Waals surface area contributed by atoms with Crippen LogP contribution >= 0.6 is 0 Å². The molecule has 2 aromatic rings. The summed E-state index contributed by atoms with van der Waals surface area (Å²) in [6, 6.07) is 0. The topological polar surface area (TPSA) is 46.3 Å². The van der Waals surface area contributed by atoms with Crippen molar-refractivity contribution in [2.75, 3.05) is 18.0 Å². The Morgan fingerprint density at radius 3 is 2.68 bits per heavy atom. The van der Waals surface area contributed by atoms with E-state index in [-0.39, 0.29) is 0 Å². The third-order valence-electron chi connectivity index (χ3n) is 4.48. The molecule has 2 fully saturated rings. The summed E-state index contributed by atoms with van der Waals surface area (Å²) in [7, 11) is 0. The summed E-state index contributed by atoms with van der Waals surface area (Å²) >= 11 is 0. The zero-order chi connectivity index (χ0) is 13.1. The van der Waals surface area contributed by atoms with Gasteiger partial charge in [0, 0.05) is 24.3 Å². The van der Waals surface area contributed by atoms with Gasteiger partial charge in [-0.3, -0.25) is 0 Å². The number of aryl methyl sites for hydroxylation is 1. The zero-order valence-corrected chi connectivity index (χ0v) is 11.7. The monoisotopic (exact) mass is 257 g/mol. The Bertz CT molecular complexity index is 635. The van der Waals surface area contributed by atoms with E-state index < -0.39 is 0 Å². The summed E-state index contributed by atoms with van der Waals surface area (Å²) in [6.07, 6.45) is 3.02. The van der Waals surface area contributed by atoms with Crippen molar-refractivity contribution in [3.05, 3.63) is 17.6 Å². The Morgan fingerprint density at radius 1 is 1.26 bits per heavy atom. The van der Waals surface area contributed by atoms with Gasteiger partial charge in [-0.05, 0) is 31.1 Å². The third kappa shape index (κ3) is 1.57. The van der Waals surface area contributed by atoms with Crippen LogP contribution in [0.4, 0.5) is 5.82 Å². The molecule has 2 unspecified atom stereocenters. The van der Waals surface area contributed by atoms with E-state index in [1.807, 2.05) is 4.52 Å². The maximum Gasteiger partial charge on any atom is 0.254 e. The smallest absolute Gasteiger partial charge is 0.254 e. The molecular formula is C14H19N5. The molecule has 2 aromatic heterocycles. The summed E-state index contributed by atoms with van der Waals surface area (Å²) in [5, 5.41) is 4.39. The van der Waals surface area contributed by atoms with E-state index in [0.29, 0.717) is 5.92 Å². The van der Waals surface area contributed by atoms with Crippen LogP contribution in [-0.2, 0) is 0 Å². The van der Waals surface area contributed by atoms with E-state index >= 15 is 0 Å². The van der Waals surface area contributed by atoms with Crippen LogP contribution in [0.3, 0.4) is 0 Å². The first kappa shape index (κ1) is 11.2. The van der Waals surface area contributed by atoms with Crippen LogP contribution in [0, 0.1) is 18.8 Å². The van der Waals surface area contributed by atoms with Gasteiger partial charge in [0.2, 0.25) is 0 Å². The van der Waals surface area contributed by atoms with Crippen molar-refractivity contribution in [1.82, 2.24) is 19.6 Å². The maximum absolute atomic E-state index is 4.58. The van der Waals surface area contributed by atoms with E-state index in [2.05, 4.69) is 40.7 Å². The van der Waals surface area contributed by atoms with Crippen LogP contribution < -0.4 is 4.90 Å². The standard InChI is InChI=1S/C14H19N5/c1-8(2)12-9(3)17-14-15-7-16-19(14)13(12)18-5-10-4-11(10)6-18/h7-8,10-11H,4-6H2,1-3H3. The Balaban J connectivity index is 1.93. The third-order valence-corrected chi connectivity index (χ3v) is 4.48. The molecule has 0 amide bonds. The number of fused-ring (bicyclic) bond motifs is 2. The predicted octanol–water partition coefficient (Wildman–Crippen LogP) is 2.01. The Labute approximate surface area is 112 Å². The first-order valence-corrected chi connectivity index (χ1v) is 7.10. The van der Waals surface area contributed by atoms with Gasteiger partial charge in [-0.2, -0.15) is 14.6 Å². The Hall–Kier alpha value is -1.65. The van der Waals surface area contributed by atoms with Gasteiger partial charge in [-0.1, -0.05) is 13.8 Å². The van der Waals surface area contributed by atoms with Crippen LogP contribution in [-0.4, -0.2) is 32.7 Å². The zero-order valence-electron chi connectivity index (χ0n) is 11.7. The largest absolute Gasteiger partial charge is 0.356 e. The second-order valence-electron chi connectivity index (χ2n) is 6.22. The van der Waals surface area contributed by atoms with E-state index in [1.165, 1.54) is 30.9 Å². The molecule has 3 heterocycles. The molecule has 0 aromatic carbocycles. The summed E-state index contributed by atoms with van der Waals surface area (Å²) in [6.45, 7) is 8.88. The summed E-state index contributed by atoms with van der Waals surface area (Å²) in [4.78, 5) is 11.3. The maximum atomic E-state index is 4.58. The molecule has 0 spiro atoms. The number of nitrogens with zero attached hydrogens (tertiary/aromatic N) is 5. The highest BCUT2D eigenvalue weighted by atomic mass is 15.4. The van der Waals surface area contributed by atoms with E-state index in [4.69, 9.17) is 0 Å². The van der Waals surface area contributed by atoms with Crippen molar-refractivity contribution in [3.8, 4) is 0 Å². The van der Waals surface area contributed by atoms with Gasteiger partial charge in [-0.25, -0.2) is 4.98 Å². The predicted molar refractivity (Wildman–Crippen MR) is 73.4 cm³/mol. The molecule has 5 nitrogen and oxygen atoms in total. The van der Waals surface area contributed by atoms with Gasteiger partial charge in [-0.15, -0.1) is 0 Å². The average molecular weight is 257 g/mol. The highest BCUT2D eigenvalue weighted by molar-refractivity contribution is 5.57. The molecule has 2 aliphatic rings. The van der Waals surface area contributed by atoms with Gasteiger partial charge in [0.25, 0.3) is 5.78 Å². The fourth-order valence-electron chi connectivity index (χ4n) is 3.50. The molecule has 1 saturated carbocycles. The Kier molecular flexibility index (Phi) is 2.17. The van der Waals surface area contributed by atoms with E-state index in [1.54, 1.807) is 6.33 Å². The first-order chi connectivity index (χ1) is 9.15. The molecule has 4 rings (SSSR count). The SMILES string of the molecule is Cc1nc2ncnn2c(N2CC3CC3C2)c1C(C)C. The second-order valence-corrected chi connectivity index (χ2v) is 6.22. The minimum absolute atomic E-state index is 0.452. The van der Waals surface area contributed by atoms with Crippen molar-refractivity contribution >= 4 is 11.6 Å². The van der Waals surface area contributed by atoms with Crippen LogP contribution in [0.25, 0.3) is 5.78 Å². The van der Waals surface area contributed by atoms with Crippen molar-refractivity contribution < 1.29 is 0 Å². The van der Waals surface area contributed by atoms with Gasteiger partial charge < -0.3 is 4.90 Å². The van der Waals surface area contributed by atoms with Gasteiger partial charge in [0.1, 0.15) is 12.1 Å². The molecule has 5 heteroatoms.